The molecular weight excluding hydrogens is 188 g/mol. The highest BCUT2D eigenvalue weighted by Crippen LogP contribution is 2.24. The SMILES string of the molecule is CC[C@H]1OC(CO)[C@@H](OC)C(O)[C@@H]1O. The van der Waals surface area contributed by atoms with Crippen molar-refractivity contribution in [2.24, 2.45) is 0 Å². The molecular formula is C9H18O5. The van der Waals surface area contributed by atoms with Crippen LogP contribution in [0.3, 0.4) is 0 Å². The van der Waals surface area contributed by atoms with E-state index in [2.05, 4.69) is 0 Å². The Morgan fingerprint density at radius 1 is 1.21 bits per heavy atom. The highest BCUT2D eigenvalue weighted by molar-refractivity contribution is 4.92. The van der Waals surface area contributed by atoms with E-state index in [0.29, 0.717) is 6.42 Å². The van der Waals surface area contributed by atoms with Gasteiger partial charge in [0.1, 0.15) is 24.4 Å². The average Bonchev–Trinajstić information content (AvgIpc) is 2.21. The first kappa shape index (κ1) is 11.9. The Balaban J connectivity index is 2.71. The molecule has 14 heavy (non-hydrogen) atoms. The van der Waals surface area contributed by atoms with Crippen LogP contribution in [0.2, 0.25) is 0 Å². The van der Waals surface area contributed by atoms with Crippen LogP contribution in [-0.2, 0) is 9.47 Å². The summed E-state index contributed by atoms with van der Waals surface area (Å²) in [6.45, 7) is 1.63. The van der Waals surface area contributed by atoms with Crippen molar-refractivity contribution < 1.29 is 24.8 Å². The monoisotopic (exact) mass is 206 g/mol. The van der Waals surface area contributed by atoms with Crippen LogP contribution in [-0.4, -0.2) is 59.6 Å². The van der Waals surface area contributed by atoms with Gasteiger partial charge < -0.3 is 24.8 Å². The van der Waals surface area contributed by atoms with E-state index in [9.17, 15) is 10.2 Å². The molecule has 0 radical (unpaired) electrons. The molecule has 1 aliphatic heterocycles. The van der Waals surface area contributed by atoms with E-state index in [1.165, 1.54) is 7.11 Å². The molecule has 0 bridgehead atoms. The first-order chi connectivity index (χ1) is 6.65. The minimum Gasteiger partial charge on any atom is -0.394 e. The third-order valence-electron chi connectivity index (χ3n) is 2.64. The van der Waals surface area contributed by atoms with Crippen molar-refractivity contribution in [3.05, 3.63) is 0 Å². The molecule has 0 aromatic carbocycles. The van der Waals surface area contributed by atoms with Crippen LogP contribution in [0.1, 0.15) is 13.3 Å². The molecule has 0 aromatic heterocycles. The Morgan fingerprint density at radius 3 is 2.29 bits per heavy atom. The molecule has 1 aliphatic rings. The lowest BCUT2D eigenvalue weighted by atomic mass is 9.94. The van der Waals surface area contributed by atoms with Crippen molar-refractivity contribution in [1.82, 2.24) is 0 Å². The first-order valence-electron chi connectivity index (χ1n) is 4.80. The second-order valence-electron chi connectivity index (χ2n) is 3.49. The molecule has 0 amide bonds. The molecule has 5 nitrogen and oxygen atoms in total. The molecule has 1 heterocycles. The quantitative estimate of drug-likeness (QED) is 0.546. The molecule has 0 aliphatic carbocycles. The van der Waals surface area contributed by atoms with Gasteiger partial charge in [0.25, 0.3) is 0 Å². The number of ether oxygens (including phenoxy) is 2. The van der Waals surface area contributed by atoms with Crippen LogP contribution in [0.25, 0.3) is 0 Å². The number of methoxy groups -OCH3 is 1. The van der Waals surface area contributed by atoms with Crippen molar-refractivity contribution in [2.75, 3.05) is 13.7 Å². The van der Waals surface area contributed by atoms with Gasteiger partial charge in [-0.05, 0) is 6.42 Å². The molecule has 84 valence electrons. The van der Waals surface area contributed by atoms with E-state index in [1.807, 2.05) is 6.92 Å². The number of aliphatic hydroxyl groups is 3. The second kappa shape index (κ2) is 5.04. The van der Waals surface area contributed by atoms with Gasteiger partial charge in [-0.25, -0.2) is 0 Å². The Morgan fingerprint density at radius 2 is 1.86 bits per heavy atom. The summed E-state index contributed by atoms with van der Waals surface area (Å²) in [7, 11) is 1.42. The van der Waals surface area contributed by atoms with Gasteiger partial charge in [-0.15, -0.1) is 0 Å². The van der Waals surface area contributed by atoms with E-state index >= 15 is 0 Å². The van der Waals surface area contributed by atoms with E-state index in [-0.39, 0.29) is 6.61 Å². The Bertz CT molecular complexity index is 173. The largest absolute Gasteiger partial charge is 0.394 e. The summed E-state index contributed by atoms with van der Waals surface area (Å²) in [5.74, 6) is 0. The van der Waals surface area contributed by atoms with E-state index in [4.69, 9.17) is 14.6 Å². The standard InChI is InChI=1S/C9H18O5/c1-3-5-7(11)8(12)9(13-2)6(4-10)14-5/h5-12H,3-4H2,1-2H3/t5-,6?,7-,8?,9-/m1/s1. The third-order valence-corrected chi connectivity index (χ3v) is 2.64. The van der Waals surface area contributed by atoms with Crippen LogP contribution >= 0.6 is 0 Å². The lowest BCUT2D eigenvalue weighted by molar-refractivity contribution is -0.236. The van der Waals surface area contributed by atoms with E-state index in [0.717, 1.165) is 0 Å². The maximum absolute atomic E-state index is 9.67. The van der Waals surface area contributed by atoms with Gasteiger partial charge >= 0.3 is 0 Å². The summed E-state index contributed by atoms with van der Waals surface area (Å²) in [6, 6.07) is 0. The third kappa shape index (κ3) is 2.07. The molecule has 5 heteroatoms. The Hall–Kier alpha value is -0.200. The number of hydrogen-bond acceptors (Lipinski definition) is 5. The minimum absolute atomic E-state index is 0.223. The van der Waals surface area contributed by atoms with Gasteiger partial charge in [0.2, 0.25) is 0 Å². The normalized spacial score (nSPS) is 43.9. The summed E-state index contributed by atoms with van der Waals surface area (Å²) in [6.07, 6.45) is -3.04. The topological polar surface area (TPSA) is 79.2 Å². The van der Waals surface area contributed by atoms with Crippen molar-refractivity contribution >= 4 is 0 Å². The average molecular weight is 206 g/mol. The van der Waals surface area contributed by atoms with Gasteiger partial charge in [0, 0.05) is 7.11 Å². The fourth-order valence-electron chi connectivity index (χ4n) is 1.79. The highest BCUT2D eigenvalue weighted by Gasteiger charge is 2.43. The fraction of sp³-hybridized carbons (Fsp3) is 1.00. The zero-order valence-electron chi connectivity index (χ0n) is 8.46. The van der Waals surface area contributed by atoms with Gasteiger partial charge in [0.15, 0.2) is 0 Å². The van der Waals surface area contributed by atoms with Crippen molar-refractivity contribution in [2.45, 2.75) is 43.9 Å². The predicted octanol–water partition coefficient (Wildman–Crippen LogP) is -1.11. The predicted molar refractivity (Wildman–Crippen MR) is 48.8 cm³/mol. The van der Waals surface area contributed by atoms with Crippen molar-refractivity contribution in [1.29, 1.82) is 0 Å². The molecule has 0 spiro atoms. The van der Waals surface area contributed by atoms with Gasteiger partial charge in [-0.3, -0.25) is 0 Å². The molecule has 5 atom stereocenters. The minimum atomic E-state index is -1.00. The lowest BCUT2D eigenvalue weighted by Gasteiger charge is -2.41. The molecule has 1 fully saturated rings. The van der Waals surface area contributed by atoms with Crippen LogP contribution in [0.4, 0.5) is 0 Å². The zero-order chi connectivity index (χ0) is 10.7. The maximum atomic E-state index is 9.67. The molecule has 3 N–H and O–H groups in total. The first-order valence-corrected chi connectivity index (χ1v) is 4.80. The fourth-order valence-corrected chi connectivity index (χ4v) is 1.79. The van der Waals surface area contributed by atoms with Crippen LogP contribution in [0.5, 0.6) is 0 Å². The molecule has 1 saturated heterocycles. The van der Waals surface area contributed by atoms with Crippen LogP contribution in [0, 0.1) is 0 Å². The van der Waals surface area contributed by atoms with Crippen LogP contribution < -0.4 is 0 Å². The zero-order valence-corrected chi connectivity index (χ0v) is 8.46. The van der Waals surface area contributed by atoms with Crippen LogP contribution in [0.15, 0.2) is 0 Å². The summed E-state index contributed by atoms with van der Waals surface area (Å²) in [4.78, 5) is 0. The van der Waals surface area contributed by atoms with E-state index < -0.39 is 30.5 Å². The Kier molecular flexibility index (Phi) is 4.28. The second-order valence-corrected chi connectivity index (χ2v) is 3.49. The van der Waals surface area contributed by atoms with Gasteiger partial charge in [-0.1, -0.05) is 6.92 Å². The number of rotatable bonds is 3. The summed E-state index contributed by atoms with van der Waals surface area (Å²) in [5.41, 5.74) is 0. The Labute approximate surface area is 83.3 Å². The molecule has 1 rings (SSSR count). The van der Waals surface area contributed by atoms with Gasteiger partial charge in [-0.2, -0.15) is 0 Å². The number of aliphatic hydroxyl groups excluding tert-OH is 3. The number of hydrogen-bond donors (Lipinski definition) is 3. The smallest absolute Gasteiger partial charge is 0.114 e. The lowest BCUT2D eigenvalue weighted by Crippen LogP contribution is -2.58. The summed E-state index contributed by atoms with van der Waals surface area (Å²) < 4.78 is 10.4. The van der Waals surface area contributed by atoms with Crippen molar-refractivity contribution in [3.63, 3.8) is 0 Å². The molecule has 2 unspecified atom stereocenters. The summed E-state index contributed by atoms with van der Waals surface area (Å²) >= 11 is 0. The molecule has 0 saturated carbocycles. The molecule has 0 aromatic rings. The van der Waals surface area contributed by atoms with Gasteiger partial charge in [0.05, 0.1) is 12.7 Å². The van der Waals surface area contributed by atoms with Crippen molar-refractivity contribution in [3.8, 4) is 0 Å². The van der Waals surface area contributed by atoms with E-state index in [1.54, 1.807) is 0 Å². The summed E-state index contributed by atoms with van der Waals surface area (Å²) in [5, 5.41) is 28.3. The highest BCUT2D eigenvalue weighted by atomic mass is 16.6. The maximum Gasteiger partial charge on any atom is 0.114 e.